The number of hydrogen-bond acceptors (Lipinski definition) is 1. The van der Waals surface area contributed by atoms with E-state index in [0.29, 0.717) is 0 Å². The molecule has 0 unspecified atom stereocenters. The van der Waals surface area contributed by atoms with Gasteiger partial charge in [-0.25, -0.2) is 0 Å². The summed E-state index contributed by atoms with van der Waals surface area (Å²) in [5.74, 6) is 0. The van der Waals surface area contributed by atoms with Crippen molar-refractivity contribution in [2.24, 2.45) is 0 Å². The summed E-state index contributed by atoms with van der Waals surface area (Å²) in [5.41, 5.74) is 3.65. The van der Waals surface area contributed by atoms with Crippen LogP contribution < -0.4 is 5.32 Å². The maximum Gasteiger partial charge on any atom is 0.0438 e. The van der Waals surface area contributed by atoms with Crippen molar-refractivity contribution in [1.29, 1.82) is 0 Å². The zero-order valence-electron chi connectivity index (χ0n) is 9.91. The molecule has 0 aliphatic carbocycles. The van der Waals surface area contributed by atoms with E-state index in [0.717, 1.165) is 18.0 Å². The molecule has 2 heteroatoms. The summed E-state index contributed by atoms with van der Waals surface area (Å²) in [5, 5.41) is 4.28. The first-order chi connectivity index (χ1) is 8.27. The maximum absolute atomic E-state index is 6.11. The second-order valence-electron chi connectivity index (χ2n) is 4.08. The lowest BCUT2D eigenvalue weighted by molar-refractivity contribution is 1.02. The Morgan fingerprint density at radius 2 is 1.71 bits per heavy atom. The van der Waals surface area contributed by atoms with Gasteiger partial charge in [0.1, 0.15) is 0 Å². The topological polar surface area (TPSA) is 12.0 Å². The fourth-order valence-electron chi connectivity index (χ4n) is 1.80. The molecule has 2 aromatic rings. The van der Waals surface area contributed by atoms with Gasteiger partial charge >= 0.3 is 0 Å². The van der Waals surface area contributed by atoms with Crippen molar-refractivity contribution < 1.29 is 0 Å². The lowest BCUT2D eigenvalue weighted by Crippen LogP contribution is -2.06. The number of para-hydroxylation sites is 1. The van der Waals surface area contributed by atoms with Gasteiger partial charge in [-0.05, 0) is 36.6 Å². The molecule has 0 heterocycles. The van der Waals surface area contributed by atoms with E-state index in [2.05, 4.69) is 36.5 Å². The second-order valence-corrected chi connectivity index (χ2v) is 4.49. The molecule has 88 valence electrons. The van der Waals surface area contributed by atoms with E-state index in [4.69, 9.17) is 11.6 Å². The molecule has 0 fully saturated rings. The Morgan fingerprint density at radius 1 is 1.00 bits per heavy atom. The standard InChI is InChI=1S/C15H16ClN/c1-12-6-2-5-9-15(12)17-11-10-13-7-3-4-8-14(13)16/h2-9,17H,10-11H2,1H3. The Labute approximate surface area is 107 Å². The number of nitrogens with one attached hydrogen (secondary N) is 1. The largest absolute Gasteiger partial charge is 0.384 e. The van der Waals surface area contributed by atoms with E-state index >= 15 is 0 Å². The predicted octanol–water partition coefficient (Wildman–Crippen LogP) is 4.30. The summed E-state index contributed by atoms with van der Waals surface area (Å²) in [6, 6.07) is 16.3. The first-order valence-electron chi connectivity index (χ1n) is 5.80. The Morgan fingerprint density at radius 3 is 2.47 bits per heavy atom. The van der Waals surface area contributed by atoms with E-state index in [9.17, 15) is 0 Å². The minimum Gasteiger partial charge on any atom is -0.384 e. The van der Waals surface area contributed by atoms with Crippen LogP contribution in [0.1, 0.15) is 11.1 Å². The molecular weight excluding hydrogens is 230 g/mol. The summed E-state index contributed by atoms with van der Waals surface area (Å²) in [6.45, 7) is 3.01. The van der Waals surface area contributed by atoms with Crippen LogP contribution in [-0.4, -0.2) is 6.54 Å². The molecule has 2 rings (SSSR count). The second kappa shape index (κ2) is 5.74. The minimum absolute atomic E-state index is 0.846. The average molecular weight is 246 g/mol. The van der Waals surface area contributed by atoms with Crippen LogP contribution in [0.3, 0.4) is 0 Å². The zero-order chi connectivity index (χ0) is 12.1. The summed E-state index contributed by atoms with van der Waals surface area (Å²) < 4.78 is 0. The van der Waals surface area contributed by atoms with Crippen molar-refractivity contribution in [1.82, 2.24) is 0 Å². The minimum atomic E-state index is 0.846. The fraction of sp³-hybridized carbons (Fsp3) is 0.200. The van der Waals surface area contributed by atoms with Gasteiger partial charge in [0.2, 0.25) is 0 Å². The highest BCUT2D eigenvalue weighted by Crippen LogP contribution is 2.17. The van der Waals surface area contributed by atoms with Crippen LogP contribution in [0.5, 0.6) is 0 Å². The molecule has 17 heavy (non-hydrogen) atoms. The molecule has 2 aromatic carbocycles. The molecule has 0 saturated heterocycles. The van der Waals surface area contributed by atoms with Gasteiger partial charge in [-0.3, -0.25) is 0 Å². The lowest BCUT2D eigenvalue weighted by atomic mass is 10.1. The first-order valence-corrected chi connectivity index (χ1v) is 6.18. The highest BCUT2D eigenvalue weighted by atomic mass is 35.5. The Bertz CT molecular complexity index is 448. The van der Waals surface area contributed by atoms with Gasteiger partial charge in [-0.1, -0.05) is 48.0 Å². The third kappa shape index (κ3) is 3.24. The first kappa shape index (κ1) is 12.0. The molecule has 0 aliphatic heterocycles. The predicted molar refractivity (Wildman–Crippen MR) is 74.8 cm³/mol. The summed E-state index contributed by atoms with van der Waals surface area (Å²) in [6.07, 6.45) is 0.938. The van der Waals surface area contributed by atoms with Crippen molar-refractivity contribution >= 4 is 17.3 Å². The maximum atomic E-state index is 6.11. The third-order valence-corrected chi connectivity index (χ3v) is 3.18. The van der Waals surface area contributed by atoms with Gasteiger partial charge in [-0.15, -0.1) is 0 Å². The van der Waals surface area contributed by atoms with Crippen molar-refractivity contribution in [3.8, 4) is 0 Å². The highest BCUT2D eigenvalue weighted by Gasteiger charge is 1.99. The van der Waals surface area contributed by atoms with Crippen molar-refractivity contribution in [2.75, 3.05) is 11.9 Å². The van der Waals surface area contributed by atoms with Crippen LogP contribution in [-0.2, 0) is 6.42 Å². The molecule has 0 aromatic heterocycles. The molecule has 0 saturated carbocycles. The number of hydrogen-bond donors (Lipinski definition) is 1. The zero-order valence-corrected chi connectivity index (χ0v) is 10.7. The van der Waals surface area contributed by atoms with Crippen LogP contribution in [0, 0.1) is 6.92 Å². The average Bonchev–Trinajstić information content (AvgIpc) is 2.34. The molecule has 0 amide bonds. The highest BCUT2D eigenvalue weighted by molar-refractivity contribution is 6.31. The van der Waals surface area contributed by atoms with Gasteiger partial charge in [0, 0.05) is 17.3 Å². The Kier molecular flexibility index (Phi) is 4.05. The quantitative estimate of drug-likeness (QED) is 0.847. The SMILES string of the molecule is Cc1ccccc1NCCc1ccccc1Cl. The van der Waals surface area contributed by atoms with Crippen LogP contribution >= 0.6 is 11.6 Å². The summed E-state index contributed by atoms with van der Waals surface area (Å²) in [7, 11) is 0. The Hall–Kier alpha value is -1.47. The van der Waals surface area contributed by atoms with E-state index in [-0.39, 0.29) is 0 Å². The molecular formula is C15H16ClN. The lowest BCUT2D eigenvalue weighted by Gasteiger charge is -2.09. The van der Waals surface area contributed by atoms with Gasteiger partial charge in [-0.2, -0.15) is 0 Å². The van der Waals surface area contributed by atoms with Crippen molar-refractivity contribution in [2.45, 2.75) is 13.3 Å². The molecule has 1 nitrogen and oxygen atoms in total. The Balaban J connectivity index is 1.93. The molecule has 0 spiro atoms. The normalized spacial score (nSPS) is 10.2. The van der Waals surface area contributed by atoms with Gasteiger partial charge in [0.25, 0.3) is 0 Å². The van der Waals surface area contributed by atoms with Gasteiger partial charge < -0.3 is 5.32 Å². The van der Waals surface area contributed by atoms with Gasteiger partial charge in [0.15, 0.2) is 0 Å². The van der Waals surface area contributed by atoms with E-state index in [1.807, 2.05) is 24.3 Å². The van der Waals surface area contributed by atoms with Crippen molar-refractivity contribution in [3.63, 3.8) is 0 Å². The fourth-order valence-corrected chi connectivity index (χ4v) is 2.03. The van der Waals surface area contributed by atoms with E-state index < -0.39 is 0 Å². The number of aryl methyl sites for hydroxylation is 1. The monoisotopic (exact) mass is 245 g/mol. The number of benzene rings is 2. The third-order valence-electron chi connectivity index (χ3n) is 2.81. The molecule has 0 bridgehead atoms. The molecule has 0 atom stereocenters. The van der Waals surface area contributed by atoms with Crippen LogP contribution in [0.25, 0.3) is 0 Å². The summed E-state index contributed by atoms with van der Waals surface area (Å²) in [4.78, 5) is 0. The number of rotatable bonds is 4. The van der Waals surface area contributed by atoms with Crippen LogP contribution in [0.15, 0.2) is 48.5 Å². The van der Waals surface area contributed by atoms with E-state index in [1.165, 1.54) is 16.8 Å². The molecule has 0 radical (unpaired) electrons. The summed E-state index contributed by atoms with van der Waals surface area (Å²) >= 11 is 6.11. The van der Waals surface area contributed by atoms with Crippen LogP contribution in [0.4, 0.5) is 5.69 Å². The number of anilines is 1. The molecule has 1 N–H and O–H groups in total. The van der Waals surface area contributed by atoms with Gasteiger partial charge in [0.05, 0.1) is 0 Å². The van der Waals surface area contributed by atoms with Crippen molar-refractivity contribution in [3.05, 3.63) is 64.7 Å². The number of halogens is 1. The van der Waals surface area contributed by atoms with E-state index in [1.54, 1.807) is 0 Å². The smallest absolute Gasteiger partial charge is 0.0438 e. The van der Waals surface area contributed by atoms with Crippen LogP contribution in [0.2, 0.25) is 5.02 Å². The molecule has 0 aliphatic rings.